The second-order valence-electron chi connectivity index (χ2n) is 6.87. The predicted molar refractivity (Wildman–Crippen MR) is 100 cm³/mol. The van der Waals surface area contributed by atoms with Crippen molar-refractivity contribution in [2.75, 3.05) is 13.1 Å². The molecule has 1 aliphatic heterocycles. The van der Waals surface area contributed by atoms with E-state index in [1.54, 1.807) is 0 Å². The van der Waals surface area contributed by atoms with Crippen LogP contribution < -0.4 is 0 Å². The highest BCUT2D eigenvalue weighted by atomic mass is 16.2. The summed E-state index contributed by atoms with van der Waals surface area (Å²) in [5, 5.41) is 9.32. The van der Waals surface area contributed by atoms with Gasteiger partial charge in [0.25, 0.3) is 5.91 Å². The Hall–Kier alpha value is -2.76. The van der Waals surface area contributed by atoms with E-state index in [-0.39, 0.29) is 5.91 Å². The third-order valence-corrected chi connectivity index (χ3v) is 5.14. The van der Waals surface area contributed by atoms with Crippen LogP contribution in [0.2, 0.25) is 0 Å². The van der Waals surface area contributed by atoms with Gasteiger partial charge in [-0.05, 0) is 44.0 Å². The quantitative estimate of drug-likeness (QED) is 0.714. The van der Waals surface area contributed by atoms with Crippen LogP contribution in [0.1, 0.15) is 40.2 Å². The first-order valence-electron chi connectivity index (χ1n) is 9.15. The highest BCUT2D eigenvalue weighted by molar-refractivity contribution is 6.06. The number of carbonyl (C=O) groups excluding carboxylic acids is 1. The molecule has 2 aromatic heterocycles. The molecular weight excluding hydrogens is 326 g/mol. The summed E-state index contributed by atoms with van der Waals surface area (Å²) in [6.07, 6.45) is 1.67. The van der Waals surface area contributed by atoms with Gasteiger partial charge in [-0.15, -0.1) is 10.2 Å². The fourth-order valence-electron chi connectivity index (χ4n) is 3.64. The van der Waals surface area contributed by atoms with E-state index in [1.807, 2.05) is 30.9 Å². The van der Waals surface area contributed by atoms with Crippen molar-refractivity contribution in [1.29, 1.82) is 0 Å². The fourth-order valence-corrected chi connectivity index (χ4v) is 3.64. The number of rotatable bonds is 2. The van der Waals surface area contributed by atoms with Gasteiger partial charge in [-0.25, -0.2) is 0 Å². The molecule has 0 atom stereocenters. The molecule has 0 unspecified atom stereocenters. The lowest BCUT2D eigenvalue weighted by molar-refractivity contribution is 0.0760. The number of aromatic nitrogens is 4. The Morgan fingerprint density at radius 2 is 1.96 bits per heavy atom. The number of hydrogen-bond acceptors (Lipinski definition) is 4. The van der Waals surface area contributed by atoms with Crippen LogP contribution in [0.3, 0.4) is 0 Å². The smallest absolute Gasteiger partial charge is 0.254 e. The van der Waals surface area contributed by atoms with E-state index >= 15 is 0 Å². The Kier molecular flexibility index (Phi) is 4.18. The topological polar surface area (TPSA) is 63.9 Å². The van der Waals surface area contributed by atoms with Gasteiger partial charge in [0, 0.05) is 37.1 Å². The first-order chi connectivity index (χ1) is 12.6. The molecule has 1 amide bonds. The molecule has 1 aromatic carbocycles. The largest absolute Gasteiger partial charge is 0.336 e. The number of amides is 1. The molecule has 0 N–H and O–H groups in total. The van der Waals surface area contributed by atoms with Crippen molar-refractivity contribution in [3.8, 4) is 0 Å². The molecular formula is C20H23N5O. The van der Waals surface area contributed by atoms with Crippen molar-refractivity contribution in [1.82, 2.24) is 24.6 Å². The summed E-state index contributed by atoms with van der Waals surface area (Å²) in [5.74, 6) is 1.94. The van der Waals surface area contributed by atoms with Gasteiger partial charge < -0.3 is 9.47 Å². The molecule has 0 spiro atoms. The van der Waals surface area contributed by atoms with Crippen molar-refractivity contribution < 1.29 is 4.79 Å². The summed E-state index contributed by atoms with van der Waals surface area (Å²) in [6.45, 7) is 8.09. The molecule has 6 nitrogen and oxygen atoms in total. The molecule has 3 aromatic rings. The molecule has 0 fully saturated rings. The highest BCUT2D eigenvalue weighted by Gasteiger charge is 2.23. The van der Waals surface area contributed by atoms with E-state index < -0.39 is 0 Å². The van der Waals surface area contributed by atoms with E-state index in [9.17, 15) is 4.79 Å². The summed E-state index contributed by atoms with van der Waals surface area (Å²) in [6, 6.07) is 8.13. The van der Waals surface area contributed by atoms with E-state index in [0.717, 1.165) is 53.2 Å². The normalized spacial score (nSPS) is 14.3. The summed E-state index contributed by atoms with van der Waals surface area (Å²) in [5.41, 5.74) is 3.72. The summed E-state index contributed by atoms with van der Waals surface area (Å²) in [4.78, 5) is 19.9. The van der Waals surface area contributed by atoms with Gasteiger partial charge in [0.2, 0.25) is 0 Å². The number of hydrogen-bond donors (Lipinski definition) is 0. The van der Waals surface area contributed by atoms with Gasteiger partial charge >= 0.3 is 0 Å². The van der Waals surface area contributed by atoms with Crippen LogP contribution in [-0.4, -0.2) is 43.6 Å². The van der Waals surface area contributed by atoms with Crippen LogP contribution in [0.4, 0.5) is 0 Å². The fraction of sp³-hybridized carbons (Fsp3) is 0.400. The maximum Gasteiger partial charge on any atom is 0.254 e. The third kappa shape index (κ3) is 2.85. The molecule has 6 heteroatoms. The molecule has 1 aliphatic rings. The number of fused-ring (bicyclic) bond motifs is 2. The Balaban J connectivity index is 1.70. The predicted octanol–water partition coefficient (Wildman–Crippen LogP) is 2.70. The van der Waals surface area contributed by atoms with Crippen molar-refractivity contribution in [3.63, 3.8) is 0 Å². The number of benzene rings is 1. The lowest BCUT2D eigenvalue weighted by Gasteiger charge is -2.21. The zero-order valence-corrected chi connectivity index (χ0v) is 15.5. The zero-order chi connectivity index (χ0) is 18.3. The SMILES string of the molecule is CCc1ccc2nc(C)cc(C(=O)N3CCc4nnc(C)n4CC3)c2c1. The molecule has 0 aliphatic carbocycles. The van der Waals surface area contributed by atoms with Crippen LogP contribution in [-0.2, 0) is 19.4 Å². The molecule has 4 rings (SSSR count). The number of carbonyl (C=O) groups is 1. The van der Waals surface area contributed by atoms with Gasteiger partial charge in [-0.2, -0.15) is 0 Å². The van der Waals surface area contributed by atoms with Crippen molar-refractivity contribution in [3.05, 3.63) is 52.7 Å². The minimum atomic E-state index is 0.0742. The van der Waals surface area contributed by atoms with E-state index in [2.05, 4.69) is 38.8 Å². The summed E-state index contributed by atoms with van der Waals surface area (Å²) in [7, 11) is 0. The van der Waals surface area contributed by atoms with Crippen LogP contribution in [0, 0.1) is 13.8 Å². The second-order valence-corrected chi connectivity index (χ2v) is 6.87. The summed E-state index contributed by atoms with van der Waals surface area (Å²) < 4.78 is 2.11. The maximum absolute atomic E-state index is 13.3. The summed E-state index contributed by atoms with van der Waals surface area (Å²) >= 11 is 0. The van der Waals surface area contributed by atoms with Gasteiger partial charge in [0.05, 0.1) is 11.1 Å². The maximum atomic E-state index is 13.3. The van der Waals surface area contributed by atoms with Gasteiger partial charge in [0.1, 0.15) is 11.6 Å². The number of pyridine rings is 1. The molecule has 0 radical (unpaired) electrons. The standard InChI is InChI=1S/C20H23N5O/c1-4-15-5-6-18-16(12-15)17(11-13(2)21-18)20(26)24-8-7-19-23-22-14(3)25(19)10-9-24/h5-6,11-12H,4,7-10H2,1-3H3. The van der Waals surface area contributed by atoms with E-state index in [0.29, 0.717) is 13.1 Å². The van der Waals surface area contributed by atoms with Crippen LogP contribution >= 0.6 is 0 Å². The van der Waals surface area contributed by atoms with Crippen LogP contribution in [0.5, 0.6) is 0 Å². The van der Waals surface area contributed by atoms with Crippen LogP contribution in [0.15, 0.2) is 24.3 Å². The molecule has 3 heterocycles. The highest BCUT2D eigenvalue weighted by Crippen LogP contribution is 2.23. The molecule has 0 saturated carbocycles. The van der Waals surface area contributed by atoms with Crippen molar-refractivity contribution in [2.45, 2.75) is 40.2 Å². The minimum Gasteiger partial charge on any atom is -0.336 e. The zero-order valence-electron chi connectivity index (χ0n) is 15.5. The molecule has 26 heavy (non-hydrogen) atoms. The Labute approximate surface area is 152 Å². The lowest BCUT2D eigenvalue weighted by Crippen LogP contribution is -2.34. The van der Waals surface area contributed by atoms with Gasteiger partial charge in [-0.3, -0.25) is 9.78 Å². The molecule has 0 bridgehead atoms. The number of nitrogens with zero attached hydrogens (tertiary/aromatic N) is 5. The van der Waals surface area contributed by atoms with Crippen molar-refractivity contribution in [2.24, 2.45) is 0 Å². The third-order valence-electron chi connectivity index (χ3n) is 5.14. The Morgan fingerprint density at radius 1 is 1.12 bits per heavy atom. The Morgan fingerprint density at radius 3 is 2.77 bits per heavy atom. The first kappa shape index (κ1) is 16.7. The molecule has 0 saturated heterocycles. The van der Waals surface area contributed by atoms with Gasteiger partial charge in [0.15, 0.2) is 0 Å². The molecule has 134 valence electrons. The van der Waals surface area contributed by atoms with Crippen molar-refractivity contribution >= 4 is 16.8 Å². The van der Waals surface area contributed by atoms with Crippen LogP contribution in [0.25, 0.3) is 10.9 Å². The first-order valence-corrected chi connectivity index (χ1v) is 9.15. The average molecular weight is 349 g/mol. The van der Waals surface area contributed by atoms with Gasteiger partial charge in [-0.1, -0.05) is 13.0 Å². The minimum absolute atomic E-state index is 0.0742. The van der Waals surface area contributed by atoms with E-state index in [4.69, 9.17) is 0 Å². The monoisotopic (exact) mass is 349 g/mol. The van der Waals surface area contributed by atoms with E-state index in [1.165, 1.54) is 5.56 Å². The Bertz CT molecular complexity index is 991. The number of aryl methyl sites for hydroxylation is 3. The lowest BCUT2D eigenvalue weighted by atomic mass is 10.0. The second kappa shape index (κ2) is 6.52. The average Bonchev–Trinajstić information content (AvgIpc) is 2.87.